The number of piperazine rings is 1. The van der Waals surface area contributed by atoms with Gasteiger partial charge in [0, 0.05) is 18.1 Å². The zero-order valence-electron chi connectivity index (χ0n) is 16.5. The van der Waals surface area contributed by atoms with Crippen LogP contribution in [0.25, 0.3) is 5.69 Å². The van der Waals surface area contributed by atoms with Crippen LogP contribution in [-0.4, -0.2) is 42.4 Å². The van der Waals surface area contributed by atoms with E-state index in [-0.39, 0.29) is 0 Å². The number of rotatable bonds is 5. The van der Waals surface area contributed by atoms with Crippen LogP contribution in [0.1, 0.15) is 5.56 Å². The summed E-state index contributed by atoms with van der Waals surface area (Å²) in [5.74, 6) is 0.903. The van der Waals surface area contributed by atoms with Crippen molar-refractivity contribution in [3.05, 3.63) is 71.3 Å². The number of aryl methyl sites for hydroxylation is 1. The minimum absolute atomic E-state index is 0.861. The molecule has 6 heteroatoms. The van der Waals surface area contributed by atoms with Crippen molar-refractivity contribution in [2.24, 2.45) is 0 Å². The van der Waals surface area contributed by atoms with E-state index in [2.05, 4.69) is 69.7 Å². The van der Waals surface area contributed by atoms with Gasteiger partial charge in [0.2, 0.25) is 0 Å². The highest BCUT2D eigenvalue weighted by Crippen LogP contribution is 2.19. The van der Waals surface area contributed by atoms with Gasteiger partial charge in [0.1, 0.15) is 5.75 Å². The molecule has 0 amide bonds. The Morgan fingerprint density at radius 3 is 2.39 bits per heavy atom. The van der Waals surface area contributed by atoms with Crippen LogP contribution in [0, 0.1) is 11.7 Å². The molecule has 0 radical (unpaired) electrons. The average molecular weight is 396 g/mol. The van der Waals surface area contributed by atoms with Crippen LogP contribution < -0.4 is 14.5 Å². The standard InChI is InChI=1S/C22H26N4OS/c1-18-5-3-4-6-21(18)26-16-15-25(22(26)28)17-23-11-13-24(14-12-23)19-7-9-20(27-2)10-8-19/h3-10,15-16H,11-14,17H2,1-2H3/p+1. The molecule has 4 rings (SSSR count). The number of hydrogen-bond acceptors (Lipinski definition) is 3. The van der Waals surface area contributed by atoms with Crippen LogP contribution in [-0.2, 0) is 6.67 Å². The topological polar surface area (TPSA) is 26.8 Å². The van der Waals surface area contributed by atoms with Crippen molar-refractivity contribution in [3.63, 3.8) is 0 Å². The number of hydrogen-bond donors (Lipinski definition) is 1. The van der Waals surface area contributed by atoms with Crippen LogP contribution in [0.5, 0.6) is 5.75 Å². The first-order valence-electron chi connectivity index (χ1n) is 9.72. The molecule has 3 aromatic rings. The van der Waals surface area contributed by atoms with Gasteiger partial charge in [-0.3, -0.25) is 9.13 Å². The number of quaternary nitrogens is 1. The van der Waals surface area contributed by atoms with Crippen molar-refractivity contribution < 1.29 is 9.64 Å². The average Bonchev–Trinajstić information content (AvgIpc) is 3.09. The number of ether oxygens (including phenoxy) is 1. The molecule has 1 aliphatic rings. The summed E-state index contributed by atoms with van der Waals surface area (Å²) < 4.78 is 10.4. The van der Waals surface area contributed by atoms with Gasteiger partial charge in [0.15, 0.2) is 11.4 Å². The Morgan fingerprint density at radius 1 is 1.00 bits per heavy atom. The third kappa shape index (κ3) is 3.84. The summed E-state index contributed by atoms with van der Waals surface area (Å²) in [4.78, 5) is 4.00. The van der Waals surface area contributed by atoms with E-state index in [1.807, 2.05) is 12.1 Å². The van der Waals surface area contributed by atoms with E-state index in [0.717, 1.165) is 49.1 Å². The van der Waals surface area contributed by atoms with Crippen molar-refractivity contribution >= 4 is 17.9 Å². The van der Waals surface area contributed by atoms with E-state index in [0.29, 0.717) is 0 Å². The van der Waals surface area contributed by atoms with E-state index in [1.165, 1.54) is 11.3 Å². The second-order valence-corrected chi connectivity index (χ2v) is 7.67. The lowest BCUT2D eigenvalue weighted by atomic mass is 10.2. The Hall–Kier alpha value is -2.57. The molecule has 0 spiro atoms. The molecule has 2 aromatic carbocycles. The summed E-state index contributed by atoms with van der Waals surface area (Å²) in [5, 5.41) is 0. The fourth-order valence-corrected chi connectivity index (χ4v) is 4.11. The van der Waals surface area contributed by atoms with E-state index in [1.54, 1.807) is 12.0 Å². The first-order valence-corrected chi connectivity index (χ1v) is 10.1. The summed E-state index contributed by atoms with van der Waals surface area (Å²) in [5.41, 5.74) is 3.66. The zero-order chi connectivity index (χ0) is 19.5. The lowest BCUT2D eigenvalue weighted by molar-refractivity contribution is -0.923. The first kappa shape index (κ1) is 18.8. The maximum atomic E-state index is 5.75. The number of nitrogens with zero attached hydrogens (tertiary/aromatic N) is 3. The number of benzene rings is 2. The van der Waals surface area contributed by atoms with Crippen LogP contribution in [0.15, 0.2) is 60.9 Å². The number of para-hydroxylation sites is 1. The molecule has 1 fully saturated rings. The van der Waals surface area contributed by atoms with Gasteiger partial charge in [0.05, 0.1) is 39.0 Å². The van der Waals surface area contributed by atoms with Crippen molar-refractivity contribution in [1.29, 1.82) is 0 Å². The number of aromatic nitrogens is 2. The highest BCUT2D eigenvalue weighted by molar-refractivity contribution is 7.71. The highest BCUT2D eigenvalue weighted by atomic mass is 32.1. The Morgan fingerprint density at radius 2 is 1.71 bits per heavy atom. The molecule has 0 aliphatic carbocycles. The summed E-state index contributed by atoms with van der Waals surface area (Å²) in [6.45, 7) is 7.33. The van der Waals surface area contributed by atoms with Gasteiger partial charge in [0.25, 0.3) is 0 Å². The van der Waals surface area contributed by atoms with Crippen molar-refractivity contribution in [2.45, 2.75) is 13.6 Å². The Kier molecular flexibility index (Phi) is 5.50. The third-order valence-corrected chi connectivity index (χ3v) is 5.96. The molecule has 1 N–H and O–H groups in total. The number of methoxy groups -OCH3 is 1. The van der Waals surface area contributed by atoms with Gasteiger partial charge in [-0.2, -0.15) is 0 Å². The lowest BCUT2D eigenvalue weighted by Gasteiger charge is -2.33. The monoisotopic (exact) mass is 395 g/mol. The van der Waals surface area contributed by atoms with Gasteiger partial charge in [-0.25, -0.2) is 0 Å². The Bertz CT molecular complexity index is 984. The van der Waals surface area contributed by atoms with Crippen LogP contribution in [0.4, 0.5) is 5.69 Å². The Balaban J connectivity index is 1.40. The quantitative estimate of drug-likeness (QED) is 0.673. The molecule has 1 aromatic heterocycles. The van der Waals surface area contributed by atoms with E-state index in [9.17, 15) is 0 Å². The van der Waals surface area contributed by atoms with Gasteiger partial charge < -0.3 is 14.5 Å². The van der Waals surface area contributed by atoms with Crippen LogP contribution in [0.2, 0.25) is 0 Å². The molecule has 146 valence electrons. The first-order chi connectivity index (χ1) is 13.7. The van der Waals surface area contributed by atoms with Crippen LogP contribution >= 0.6 is 12.2 Å². The molecule has 28 heavy (non-hydrogen) atoms. The predicted molar refractivity (Wildman–Crippen MR) is 115 cm³/mol. The summed E-state index contributed by atoms with van der Waals surface area (Å²) >= 11 is 5.75. The maximum Gasteiger partial charge on any atom is 0.188 e. The minimum atomic E-state index is 0.861. The molecule has 5 nitrogen and oxygen atoms in total. The van der Waals surface area contributed by atoms with E-state index < -0.39 is 0 Å². The highest BCUT2D eigenvalue weighted by Gasteiger charge is 2.21. The van der Waals surface area contributed by atoms with Crippen molar-refractivity contribution in [1.82, 2.24) is 9.13 Å². The van der Waals surface area contributed by atoms with Gasteiger partial charge >= 0.3 is 0 Å². The fraction of sp³-hybridized carbons (Fsp3) is 0.318. The third-order valence-electron chi connectivity index (χ3n) is 5.52. The van der Waals surface area contributed by atoms with Crippen molar-refractivity contribution in [3.8, 4) is 11.4 Å². The summed E-state index contributed by atoms with van der Waals surface area (Å²) in [7, 11) is 1.70. The normalized spacial score (nSPS) is 15.0. The smallest absolute Gasteiger partial charge is 0.188 e. The zero-order valence-corrected chi connectivity index (χ0v) is 17.3. The van der Waals surface area contributed by atoms with Gasteiger partial charge in [-0.1, -0.05) is 18.2 Å². The molecule has 0 atom stereocenters. The summed E-state index contributed by atoms with van der Waals surface area (Å²) in [6.07, 6.45) is 4.19. The molecule has 2 heterocycles. The van der Waals surface area contributed by atoms with Crippen molar-refractivity contribution in [2.75, 3.05) is 38.2 Å². The molecule has 0 unspecified atom stereocenters. The molecule has 0 bridgehead atoms. The molecular formula is C22H27N4OS+. The van der Waals surface area contributed by atoms with Gasteiger partial charge in [-0.05, 0) is 55.0 Å². The minimum Gasteiger partial charge on any atom is -0.497 e. The summed E-state index contributed by atoms with van der Waals surface area (Å²) in [6, 6.07) is 16.7. The number of imidazole rings is 1. The fourth-order valence-electron chi connectivity index (χ4n) is 3.82. The number of anilines is 1. The predicted octanol–water partition coefficient (Wildman–Crippen LogP) is 2.69. The second-order valence-electron chi connectivity index (χ2n) is 7.30. The Labute approximate surface area is 171 Å². The van der Waals surface area contributed by atoms with E-state index >= 15 is 0 Å². The molecule has 0 saturated carbocycles. The molecular weight excluding hydrogens is 368 g/mol. The number of nitrogens with one attached hydrogen (secondary N) is 1. The maximum absolute atomic E-state index is 5.75. The van der Waals surface area contributed by atoms with Crippen LogP contribution in [0.3, 0.4) is 0 Å². The SMILES string of the molecule is COc1ccc(N2CC[NH+](Cn3ccn(-c4ccccc4C)c3=S)CC2)cc1. The molecule has 1 aliphatic heterocycles. The van der Waals surface area contributed by atoms with Gasteiger partial charge in [-0.15, -0.1) is 0 Å². The second kappa shape index (κ2) is 8.20. The largest absolute Gasteiger partial charge is 0.497 e. The van der Waals surface area contributed by atoms with E-state index in [4.69, 9.17) is 17.0 Å². The lowest BCUT2D eigenvalue weighted by Crippen LogP contribution is -3.14. The molecule has 1 saturated heterocycles.